The van der Waals surface area contributed by atoms with Crippen molar-refractivity contribution in [3.63, 3.8) is 0 Å². The Hall–Kier alpha value is -2.08. The van der Waals surface area contributed by atoms with E-state index in [1.54, 1.807) is 0 Å². The lowest BCUT2D eigenvalue weighted by atomic mass is 9.87. The van der Waals surface area contributed by atoms with Gasteiger partial charge in [-0.25, -0.2) is 9.59 Å². The van der Waals surface area contributed by atoms with E-state index < -0.39 is 17.9 Å². The number of carboxylic acid groups (broad SMARTS) is 1. The van der Waals surface area contributed by atoms with Gasteiger partial charge in [-0.15, -0.1) is 11.3 Å². The number of carbonyl (C=O) groups excluding carboxylic acids is 1. The number of thiophene rings is 1. The van der Waals surface area contributed by atoms with Gasteiger partial charge in [-0.2, -0.15) is 0 Å². The molecule has 0 saturated carbocycles. The SMILES string of the molecule is O=C(O)C1=CNC2=C(C(=O)OC2)C1c1cccs1. The van der Waals surface area contributed by atoms with Crippen molar-refractivity contribution >= 4 is 23.3 Å². The zero-order valence-electron chi connectivity index (χ0n) is 9.17. The molecule has 6 heteroatoms. The average Bonchev–Trinajstić information content (AvgIpc) is 2.98. The summed E-state index contributed by atoms with van der Waals surface area (Å²) in [5, 5.41) is 13.9. The van der Waals surface area contributed by atoms with Crippen LogP contribution in [0.1, 0.15) is 10.8 Å². The van der Waals surface area contributed by atoms with Crippen LogP contribution in [-0.2, 0) is 14.3 Å². The summed E-state index contributed by atoms with van der Waals surface area (Å²) in [4.78, 5) is 23.9. The number of rotatable bonds is 2. The van der Waals surface area contributed by atoms with E-state index in [0.717, 1.165) is 4.88 Å². The second kappa shape index (κ2) is 3.99. The lowest BCUT2D eigenvalue weighted by Gasteiger charge is -2.21. The van der Waals surface area contributed by atoms with Gasteiger partial charge in [0.25, 0.3) is 0 Å². The number of carbonyl (C=O) groups is 2. The van der Waals surface area contributed by atoms with Crippen LogP contribution in [0.5, 0.6) is 0 Å². The third-order valence-electron chi connectivity index (χ3n) is 2.97. The molecule has 0 radical (unpaired) electrons. The number of esters is 1. The highest BCUT2D eigenvalue weighted by molar-refractivity contribution is 7.10. The summed E-state index contributed by atoms with van der Waals surface area (Å²) >= 11 is 1.43. The summed E-state index contributed by atoms with van der Waals surface area (Å²) in [5.74, 6) is -2.01. The highest BCUT2D eigenvalue weighted by atomic mass is 32.1. The molecular formula is C12H9NO4S. The van der Waals surface area contributed by atoms with Crippen LogP contribution in [0.2, 0.25) is 0 Å². The van der Waals surface area contributed by atoms with E-state index in [4.69, 9.17) is 4.74 Å². The summed E-state index contributed by atoms with van der Waals surface area (Å²) < 4.78 is 4.96. The van der Waals surface area contributed by atoms with E-state index in [1.807, 2.05) is 17.5 Å². The highest BCUT2D eigenvalue weighted by Gasteiger charge is 2.39. The number of cyclic esters (lactones) is 1. The number of ether oxygens (including phenoxy) is 1. The standard InChI is InChI=1S/C12H9NO4S/c14-11(15)6-4-13-7-5-17-12(16)10(7)9(6)8-2-1-3-18-8/h1-4,9,13H,5H2,(H,14,15). The van der Waals surface area contributed by atoms with Gasteiger partial charge in [0.2, 0.25) is 0 Å². The Morgan fingerprint density at radius 3 is 3.06 bits per heavy atom. The maximum atomic E-state index is 11.7. The van der Waals surface area contributed by atoms with Gasteiger partial charge in [-0.1, -0.05) is 6.07 Å². The largest absolute Gasteiger partial charge is 0.478 e. The normalized spacial score (nSPS) is 22.1. The fourth-order valence-corrected chi connectivity index (χ4v) is 3.02. The first-order chi connectivity index (χ1) is 8.68. The minimum atomic E-state index is -1.04. The van der Waals surface area contributed by atoms with Crippen molar-refractivity contribution < 1.29 is 19.4 Å². The van der Waals surface area contributed by atoms with Crippen molar-refractivity contribution in [3.05, 3.63) is 45.4 Å². The van der Waals surface area contributed by atoms with Crippen LogP contribution < -0.4 is 5.32 Å². The lowest BCUT2D eigenvalue weighted by Crippen LogP contribution is -2.25. The monoisotopic (exact) mass is 263 g/mol. The number of carboxylic acids is 1. The van der Waals surface area contributed by atoms with Crippen molar-refractivity contribution in [3.8, 4) is 0 Å². The van der Waals surface area contributed by atoms with E-state index >= 15 is 0 Å². The molecule has 92 valence electrons. The second-order valence-electron chi connectivity index (χ2n) is 3.97. The van der Waals surface area contributed by atoms with E-state index in [2.05, 4.69) is 5.32 Å². The molecular weight excluding hydrogens is 254 g/mol. The summed E-state index contributed by atoms with van der Waals surface area (Å²) in [7, 11) is 0. The molecule has 3 rings (SSSR count). The van der Waals surface area contributed by atoms with Crippen molar-refractivity contribution in [1.29, 1.82) is 0 Å². The maximum absolute atomic E-state index is 11.7. The third kappa shape index (κ3) is 1.53. The average molecular weight is 263 g/mol. The van der Waals surface area contributed by atoms with Gasteiger partial charge in [-0.3, -0.25) is 0 Å². The fraction of sp³-hybridized carbons (Fsp3) is 0.167. The predicted octanol–water partition coefficient (Wildman–Crippen LogP) is 1.21. The topological polar surface area (TPSA) is 75.6 Å². The Morgan fingerprint density at radius 1 is 1.56 bits per heavy atom. The molecule has 2 aliphatic heterocycles. The molecule has 0 amide bonds. The minimum absolute atomic E-state index is 0.162. The molecule has 1 atom stereocenters. The van der Waals surface area contributed by atoms with Gasteiger partial charge in [0, 0.05) is 11.1 Å². The van der Waals surface area contributed by atoms with E-state index in [9.17, 15) is 14.7 Å². The quantitative estimate of drug-likeness (QED) is 0.784. The first-order valence-corrected chi connectivity index (χ1v) is 6.20. The van der Waals surface area contributed by atoms with Gasteiger partial charge >= 0.3 is 11.9 Å². The predicted molar refractivity (Wildman–Crippen MR) is 63.9 cm³/mol. The zero-order valence-corrected chi connectivity index (χ0v) is 9.99. The van der Waals surface area contributed by atoms with Gasteiger partial charge in [0.15, 0.2) is 0 Å². The zero-order chi connectivity index (χ0) is 12.7. The smallest absolute Gasteiger partial charge is 0.337 e. The van der Waals surface area contributed by atoms with Crippen molar-refractivity contribution in [1.82, 2.24) is 5.32 Å². The van der Waals surface area contributed by atoms with Crippen molar-refractivity contribution in [2.24, 2.45) is 0 Å². The molecule has 0 spiro atoms. The van der Waals surface area contributed by atoms with Crippen LogP contribution in [0.15, 0.2) is 40.6 Å². The molecule has 0 aromatic carbocycles. The first kappa shape index (κ1) is 11.0. The molecule has 1 aromatic heterocycles. The lowest BCUT2D eigenvalue weighted by molar-refractivity contribution is -0.136. The molecule has 18 heavy (non-hydrogen) atoms. The number of dihydropyridines is 1. The molecule has 0 fully saturated rings. The van der Waals surface area contributed by atoms with Crippen LogP contribution in [0.25, 0.3) is 0 Å². The highest BCUT2D eigenvalue weighted by Crippen LogP contribution is 2.40. The van der Waals surface area contributed by atoms with Gasteiger partial charge < -0.3 is 15.2 Å². The molecule has 0 aliphatic carbocycles. The molecule has 1 aromatic rings. The number of hydrogen-bond donors (Lipinski definition) is 2. The molecule has 2 aliphatic rings. The Bertz CT molecular complexity index is 585. The summed E-state index contributed by atoms with van der Waals surface area (Å²) in [6, 6.07) is 3.66. The first-order valence-electron chi connectivity index (χ1n) is 5.32. The summed E-state index contributed by atoms with van der Waals surface area (Å²) in [6.45, 7) is 0.180. The minimum Gasteiger partial charge on any atom is -0.478 e. The van der Waals surface area contributed by atoms with Crippen LogP contribution in [0.3, 0.4) is 0 Å². The van der Waals surface area contributed by atoms with Gasteiger partial charge in [-0.05, 0) is 11.4 Å². The molecule has 5 nitrogen and oxygen atoms in total. The number of nitrogens with one attached hydrogen (secondary N) is 1. The summed E-state index contributed by atoms with van der Waals surface area (Å²) in [6.07, 6.45) is 1.44. The fourth-order valence-electron chi connectivity index (χ4n) is 2.17. The van der Waals surface area contributed by atoms with Gasteiger partial charge in [0.1, 0.15) is 6.61 Å². The van der Waals surface area contributed by atoms with Crippen LogP contribution in [0, 0.1) is 0 Å². The van der Waals surface area contributed by atoms with Crippen molar-refractivity contribution in [2.75, 3.05) is 6.61 Å². The number of aliphatic carboxylic acids is 1. The van der Waals surface area contributed by atoms with Gasteiger partial charge in [0.05, 0.1) is 22.8 Å². The van der Waals surface area contributed by atoms with E-state index in [0.29, 0.717) is 11.3 Å². The van der Waals surface area contributed by atoms with Crippen LogP contribution in [0.4, 0.5) is 0 Å². The molecule has 1 unspecified atom stereocenters. The molecule has 0 saturated heterocycles. The Labute approximate surface area is 106 Å². The third-order valence-corrected chi connectivity index (χ3v) is 3.91. The molecule has 3 heterocycles. The molecule has 2 N–H and O–H groups in total. The Kier molecular flexibility index (Phi) is 2.45. The van der Waals surface area contributed by atoms with Crippen molar-refractivity contribution in [2.45, 2.75) is 5.92 Å². The van der Waals surface area contributed by atoms with Crippen LogP contribution in [-0.4, -0.2) is 23.7 Å². The van der Waals surface area contributed by atoms with E-state index in [-0.39, 0.29) is 12.2 Å². The number of hydrogen-bond acceptors (Lipinski definition) is 5. The van der Waals surface area contributed by atoms with E-state index in [1.165, 1.54) is 17.5 Å². The van der Waals surface area contributed by atoms with Crippen LogP contribution >= 0.6 is 11.3 Å². The molecule has 0 bridgehead atoms. The second-order valence-corrected chi connectivity index (χ2v) is 4.95. The maximum Gasteiger partial charge on any atom is 0.337 e. The Balaban J connectivity index is 2.12. The summed E-state index contributed by atoms with van der Waals surface area (Å²) in [5.41, 5.74) is 1.23. The Morgan fingerprint density at radius 2 is 2.39 bits per heavy atom.